The molecule has 0 aliphatic carbocycles. The van der Waals surface area contributed by atoms with Gasteiger partial charge in [-0.3, -0.25) is 9.69 Å². The summed E-state index contributed by atoms with van der Waals surface area (Å²) in [5.74, 6) is 0.0536. The maximum Gasteiger partial charge on any atom is 0.274 e. The average Bonchev–Trinajstić information content (AvgIpc) is 2.96. The van der Waals surface area contributed by atoms with Crippen molar-refractivity contribution in [1.29, 1.82) is 0 Å². The first-order valence-electron chi connectivity index (χ1n) is 7.91. The lowest BCUT2D eigenvalue weighted by molar-refractivity contribution is 0.0339. The van der Waals surface area contributed by atoms with E-state index in [1.807, 2.05) is 0 Å². The molecule has 24 heavy (non-hydrogen) atoms. The van der Waals surface area contributed by atoms with Crippen molar-refractivity contribution in [3.8, 4) is 0 Å². The van der Waals surface area contributed by atoms with Gasteiger partial charge in [0.2, 0.25) is 0 Å². The van der Waals surface area contributed by atoms with E-state index in [1.54, 1.807) is 19.1 Å². The Morgan fingerprint density at radius 3 is 2.71 bits per heavy atom. The largest absolute Gasteiger partial charge is 0.379 e. The molecule has 1 N–H and O–H groups in total. The van der Waals surface area contributed by atoms with Crippen LogP contribution in [-0.4, -0.2) is 42.3 Å². The third-order valence-electron chi connectivity index (χ3n) is 4.05. The maximum absolute atomic E-state index is 12.9. The van der Waals surface area contributed by atoms with Gasteiger partial charge in [0.25, 0.3) is 5.91 Å². The molecule has 1 aliphatic rings. The molecule has 1 aromatic carbocycles. The number of hydrogen-bond acceptors (Lipinski definition) is 5. The fourth-order valence-corrected chi connectivity index (χ4v) is 2.61. The van der Waals surface area contributed by atoms with Crippen LogP contribution in [0.5, 0.6) is 0 Å². The second kappa shape index (κ2) is 7.55. The van der Waals surface area contributed by atoms with E-state index in [9.17, 15) is 9.18 Å². The monoisotopic (exact) mass is 333 g/mol. The van der Waals surface area contributed by atoms with E-state index in [4.69, 9.17) is 9.26 Å². The second-order valence-electron chi connectivity index (χ2n) is 5.76. The molecule has 1 amide bonds. The number of carbonyl (C=O) groups excluding carboxylic acids is 1. The van der Waals surface area contributed by atoms with Gasteiger partial charge in [0.1, 0.15) is 11.6 Å². The highest BCUT2D eigenvalue weighted by Crippen LogP contribution is 2.17. The van der Waals surface area contributed by atoms with Gasteiger partial charge in [0.05, 0.1) is 13.2 Å². The number of nitrogens with one attached hydrogen (secondary N) is 1. The van der Waals surface area contributed by atoms with Crippen molar-refractivity contribution in [2.45, 2.75) is 20.0 Å². The number of nitrogens with zero attached hydrogens (tertiary/aromatic N) is 2. The number of hydrogen-bond donors (Lipinski definition) is 1. The molecule has 128 valence electrons. The molecule has 0 bridgehead atoms. The Morgan fingerprint density at radius 2 is 2.00 bits per heavy atom. The molecule has 1 aliphatic heterocycles. The Hall–Kier alpha value is -2.25. The minimum absolute atomic E-state index is 0.292. The molecule has 7 heteroatoms. The van der Waals surface area contributed by atoms with Crippen molar-refractivity contribution in [3.63, 3.8) is 0 Å². The van der Waals surface area contributed by atoms with Gasteiger partial charge in [-0.25, -0.2) is 4.39 Å². The smallest absolute Gasteiger partial charge is 0.274 e. The van der Waals surface area contributed by atoms with E-state index < -0.39 is 0 Å². The van der Waals surface area contributed by atoms with Crippen LogP contribution in [0.25, 0.3) is 0 Å². The van der Waals surface area contributed by atoms with Gasteiger partial charge >= 0.3 is 0 Å². The summed E-state index contributed by atoms with van der Waals surface area (Å²) >= 11 is 0. The minimum Gasteiger partial charge on any atom is -0.379 e. The summed E-state index contributed by atoms with van der Waals surface area (Å²) in [6.07, 6.45) is 0. The Kier molecular flexibility index (Phi) is 5.22. The number of aromatic nitrogens is 1. The molecule has 1 fully saturated rings. The van der Waals surface area contributed by atoms with Crippen molar-refractivity contribution >= 4 is 5.91 Å². The summed E-state index contributed by atoms with van der Waals surface area (Å²) in [5.41, 5.74) is 1.93. The van der Waals surface area contributed by atoms with Crippen molar-refractivity contribution in [1.82, 2.24) is 15.4 Å². The number of morpholine rings is 1. The lowest BCUT2D eigenvalue weighted by Gasteiger charge is -2.26. The second-order valence-corrected chi connectivity index (χ2v) is 5.76. The quantitative estimate of drug-likeness (QED) is 0.905. The van der Waals surface area contributed by atoms with Crippen LogP contribution in [0.4, 0.5) is 4.39 Å². The molecule has 1 aromatic heterocycles. The summed E-state index contributed by atoms with van der Waals surface area (Å²) in [6, 6.07) is 6.01. The highest BCUT2D eigenvalue weighted by Gasteiger charge is 2.22. The molecular weight excluding hydrogens is 313 g/mol. The Balaban J connectivity index is 1.64. The lowest BCUT2D eigenvalue weighted by Crippen LogP contribution is -2.36. The number of ether oxygens (including phenoxy) is 1. The molecule has 0 unspecified atom stereocenters. The fraction of sp³-hybridized carbons (Fsp3) is 0.412. The molecular formula is C17H20FN3O3. The van der Waals surface area contributed by atoms with Crippen LogP contribution in [0.1, 0.15) is 27.4 Å². The molecule has 6 nitrogen and oxygen atoms in total. The molecule has 0 saturated carbocycles. The Morgan fingerprint density at radius 1 is 1.29 bits per heavy atom. The standard InChI is InChI=1S/C17H20FN3O3/c1-12-15(11-21-6-8-23-9-7-21)16(20-24-12)17(22)19-10-13-2-4-14(18)5-3-13/h2-5H,6-11H2,1H3,(H,19,22). The SMILES string of the molecule is Cc1onc(C(=O)NCc2ccc(F)cc2)c1CN1CCOCC1. The first-order valence-corrected chi connectivity index (χ1v) is 7.91. The zero-order valence-electron chi connectivity index (χ0n) is 13.5. The van der Waals surface area contributed by atoms with Crippen LogP contribution in [0, 0.1) is 12.7 Å². The zero-order valence-corrected chi connectivity index (χ0v) is 13.5. The Labute approximate surface area is 139 Å². The van der Waals surface area contributed by atoms with Crippen molar-refractivity contribution in [2.24, 2.45) is 0 Å². The first kappa shape index (κ1) is 16.6. The number of benzene rings is 1. The van der Waals surface area contributed by atoms with Gasteiger partial charge in [-0.05, 0) is 24.6 Å². The normalized spacial score (nSPS) is 15.4. The van der Waals surface area contributed by atoms with Crippen molar-refractivity contribution in [3.05, 3.63) is 52.7 Å². The van der Waals surface area contributed by atoms with Gasteiger partial charge < -0.3 is 14.6 Å². The van der Waals surface area contributed by atoms with Gasteiger partial charge in [-0.2, -0.15) is 0 Å². The number of halogens is 1. The molecule has 2 aromatic rings. The van der Waals surface area contributed by atoms with Crippen LogP contribution >= 0.6 is 0 Å². The lowest BCUT2D eigenvalue weighted by atomic mass is 10.1. The van der Waals surface area contributed by atoms with Gasteiger partial charge in [-0.15, -0.1) is 0 Å². The van der Waals surface area contributed by atoms with Gasteiger partial charge in [0.15, 0.2) is 5.69 Å². The zero-order chi connectivity index (χ0) is 16.9. The van der Waals surface area contributed by atoms with E-state index in [-0.39, 0.29) is 11.7 Å². The summed E-state index contributed by atoms with van der Waals surface area (Å²) in [7, 11) is 0. The van der Waals surface area contributed by atoms with E-state index in [0.717, 1.165) is 24.2 Å². The number of aryl methyl sites for hydroxylation is 1. The number of carbonyl (C=O) groups is 1. The third-order valence-corrected chi connectivity index (χ3v) is 4.05. The molecule has 0 atom stereocenters. The predicted octanol–water partition coefficient (Wildman–Crippen LogP) is 1.88. The summed E-state index contributed by atoms with van der Waals surface area (Å²) in [6.45, 7) is 5.74. The van der Waals surface area contributed by atoms with E-state index in [2.05, 4.69) is 15.4 Å². The van der Waals surface area contributed by atoms with Gasteiger partial charge in [-0.1, -0.05) is 17.3 Å². The summed E-state index contributed by atoms with van der Waals surface area (Å²) in [5, 5.41) is 6.70. The maximum atomic E-state index is 12.9. The summed E-state index contributed by atoms with van der Waals surface area (Å²) in [4.78, 5) is 14.6. The van der Waals surface area contributed by atoms with Crippen LogP contribution < -0.4 is 5.32 Å². The van der Waals surface area contributed by atoms with E-state index in [0.29, 0.717) is 37.8 Å². The highest BCUT2D eigenvalue weighted by atomic mass is 19.1. The van der Waals surface area contributed by atoms with Crippen molar-refractivity contribution < 1.29 is 18.4 Å². The third kappa shape index (κ3) is 3.98. The van der Waals surface area contributed by atoms with Crippen molar-refractivity contribution in [2.75, 3.05) is 26.3 Å². The predicted molar refractivity (Wildman–Crippen MR) is 84.9 cm³/mol. The van der Waals surface area contributed by atoms with E-state index in [1.165, 1.54) is 12.1 Å². The molecule has 3 rings (SSSR count). The highest BCUT2D eigenvalue weighted by molar-refractivity contribution is 5.93. The van der Waals surface area contributed by atoms with Crippen LogP contribution in [-0.2, 0) is 17.8 Å². The molecule has 0 radical (unpaired) electrons. The molecule has 2 heterocycles. The van der Waals surface area contributed by atoms with E-state index >= 15 is 0 Å². The first-order chi connectivity index (χ1) is 11.6. The number of rotatable bonds is 5. The molecule has 1 saturated heterocycles. The average molecular weight is 333 g/mol. The fourth-order valence-electron chi connectivity index (χ4n) is 2.61. The topological polar surface area (TPSA) is 67.6 Å². The number of amides is 1. The van der Waals surface area contributed by atoms with Crippen LogP contribution in [0.3, 0.4) is 0 Å². The van der Waals surface area contributed by atoms with Gasteiger partial charge in [0, 0.05) is 31.7 Å². The Bertz CT molecular complexity index is 694. The van der Waals surface area contributed by atoms with Crippen LogP contribution in [0.15, 0.2) is 28.8 Å². The molecule has 0 spiro atoms. The summed E-state index contributed by atoms with van der Waals surface area (Å²) < 4.78 is 23.4. The minimum atomic E-state index is -0.301. The van der Waals surface area contributed by atoms with Crippen LogP contribution in [0.2, 0.25) is 0 Å².